The summed E-state index contributed by atoms with van der Waals surface area (Å²) in [5.74, 6) is -0.996. The molecule has 2 rings (SSSR count). The first-order chi connectivity index (χ1) is 11.6. The molecule has 25 heavy (non-hydrogen) atoms. The molecule has 0 saturated carbocycles. The predicted octanol–water partition coefficient (Wildman–Crippen LogP) is 3.23. The number of hydrogen-bond donors (Lipinski definition) is 1. The van der Waals surface area contributed by atoms with Crippen molar-refractivity contribution in [3.63, 3.8) is 0 Å². The van der Waals surface area contributed by atoms with Crippen LogP contribution in [0.25, 0.3) is 0 Å². The molecule has 1 fully saturated rings. The largest absolute Gasteiger partial charge is 0.437 e. The van der Waals surface area contributed by atoms with Crippen LogP contribution in [0, 0.1) is 17.3 Å². The fourth-order valence-electron chi connectivity index (χ4n) is 2.82. The van der Waals surface area contributed by atoms with Gasteiger partial charge in [0.15, 0.2) is 15.3 Å². The van der Waals surface area contributed by atoms with Gasteiger partial charge >= 0.3 is 5.97 Å². The molecule has 0 aliphatic carbocycles. The summed E-state index contributed by atoms with van der Waals surface area (Å²) in [7, 11) is -1.20. The number of nitrogens with one attached hydrogen (secondary N) is 1. The highest BCUT2D eigenvalue weighted by molar-refractivity contribution is 6.48. The van der Waals surface area contributed by atoms with Gasteiger partial charge in [-0.1, -0.05) is 32.4 Å². The smallest absolute Gasteiger partial charge is 0.340 e. The standard InChI is InChI=1S/C18H26ClNO4Si/c1-18(2,3)13(10-23-25(4)5)14-15(21)20-16(14)24-17(22)11-6-8-12(19)9-7-11/h6-9,13-14,16,25H,10H2,1-5H3,(H,20,21)/t13-,14+,16-/m1/s1. The Balaban J connectivity index is 2.09. The number of hydrogen-bond acceptors (Lipinski definition) is 4. The SMILES string of the molecule is C[SiH](C)OC[C@H]([C@H]1C(=O)N[C@@H]1OC(=O)c1ccc(Cl)cc1)C(C)(C)C. The molecule has 0 aromatic heterocycles. The van der Waals surface area contributed by atoms with Crippen molar-refractivity contribution in [1.29, 1.82) is 0 Å². The molecule has 1 aliphatic heterocycles. The van der Waals surface area contributed by atoms with Crippen LogP contribution in [-0.2, 0) is 14.0 Å². The van der Waals surface area contributed by atoms with Gasteiger partial charge in [-0.25, -0.2) is 4.79 Å². The van der Waals surface area contributed by atoms with Crippen LogP contribution in [-0.4, -0.2) is 33.8 Å². The van der Waals surface area contributed by atoms with Gasteiger partial charge in [0.2, 0.25) is 5.91 Å². The highest BCUT2D eigenvalue weighted by Crippen LogP contribution is 2.38. The molecule has 3 atom stereocenters. The molecule has 5 nitrogen and oxygen atoms in total. The number of carbonyl (C=O) groups is 2. The Morgan fingerprint density at radius 3 is 2.36 bits per heavy atom. The Bertz CT molecular complexity index is 627. The summed E-state index contributed by atoms with van der Waals surface area (Å²) >= 11 is 5.84. The lowest BCUT2D eigenvalue weighted by Gasteiger charge is -2.45. The first-order valence-electron chi connectivity index (χ1n) is 8.48. The van der Waals surface area contributed by atoms with E-state index in [4.69, 9.17) is 20.8 Å². The minimum Gasteiger partial charge on any atom is -0.437 e. The number of esters is 1. The molecule has 1 aromatic rings. The van der Waals surface area contributed by atoms with Crippen molar-refractivity contribution in [1.82, 2.24) is 5.32 Å². The average Bonchev–Trinajstić information content (AvgIpc) is 2.50. The van der Waals surface area contributed by atoms with Crippen molar-refractivity contribution < 1.29 is 18.8 Å². The van der Waals surface area contributed by atoms with Gasteiger partial charge in [0.25, 0.3) is 0 Å². The van der Waals surface area contributed by atoms with Gasteiger partial charge < -0.3 is 14.5 Å². The molecule has 0 spiro atoms. The van der Waals surface area contributed by atoms with Gasteiger partial charge in [0.1, 0.15) is 0 Å². The molecular formula is C18H26ClNO4Si. The maximum Gasteiger partial charge on any atom is 0.340 e. The molecule has 0 unspecified atom stereocenters. The van der Waals surface area contributed by atoms with Gasteiger partial charge in [-0.15, -0.1) is 0 Å². The van der Waals surface area contributed by atoms with E-state index in [0.717, 1.165) is 0 Å². The van der Waals surface area contributed by atoms with Crippen molar-refractivity contribution in [2.24, 2.45) is 17.3 Å². The van der Waals surface area contributed by atoms with Crippen LogP contribution in [0.1, 0.15) is 31.1 Å². The Kier molecular flexibility index (Phi) is 6.29. The van der Waals surface area contributed by atoms with E-state index in [2.05, 4.69) is 39.2 Å². The summed E-state index contributed by atoms with van der Waals surface area (Å²) in [6, 6.07) is 6.48. The number of carbonyl (C=O) groups excluding carboxylic acids is 2. The Hall–Kier alpha value is -1.37. The van der Waals surface area contributed by atoms with E-state index in [0.29, 0.717) is 17.2 Å². The molecule has 1 aliphatic rings. The van der Waals surface area contributed by atoms with Crippen molar-refractivity contribution in [2.75, 3.05) is 6.61 Å². The Morgan fingerprint density at radius 2 is 1.88 bits per heavy atom. The summed E-state index contributed by atoms with van der Waals surface area (Å²) in [5.41, 5.74) is 0.263. The molecule has 7 heteroatoms. The van der Waals surface area contributed by atoms with Crippen molar-refractivity contribution in [2.45, 2.75) is 40.1 Å². The second-order valence-electron chi connectivity index (χ2n) is 7.72. The highest BCUT2D eigenvalue weighted by atomic mass is 35.5. The number of rotatable bonds is 6. The summed E-state index contributed by atoms with van der Waals surface area (Å²) in [5, 5.41) is 3.24. The number of halogens is 1. The zero-order valence-corrected chi connectivity index (χ0v) is 17.2. The van der Waals surface area contributed by atoms with Gasteiger partial charge in [0, 0.05) is 17.5 Å². The number of ether oxygens (including phenoxy) is 1. The lowest BCUT2D eigenvalue weighted by atomic mass is 9.70. The normalized spacial score (nSPS) is 21.5. The zero-order valence-electron chi connectivity index (χ0n) is 15.3. The van der Waals surface area contributed by atoms with Crippen LogP contribution in [0.2, 0.25) is 18.1 Å². The van der Waals surface area contributed by atoms with Crippen LogP contribution in [0.3, 0.4) is 0 Å². The number of benzene rings is 1. The second-order valence-corrected chi connectivity index (χ2v) is 10.6. The zero-order chi connectivity index (χ0) is 18.8. The minimum atomic E-state index is -1.20. The molecule has 1 aromatic carbocycles. The van der Waals surface area contributed by atoms with Crippen molar-refractivity contribution >= 4 is 32.5 Å². The third-order valence-electron chi connectivity index (χ3n) is 4.38. The van der Waals surface area contributed by atoms with Gasteiger partial charge in [-0.3, -0.25) is 4.79 Å². The van der Waals surface area contributed by atoms with E-state index in [1.165, 1.54) is 0 Å². The maximum atomic E-state index is 12.3. The first kappa shape index (κ1) is 19.9. The molecular weight excluding hydrogens is 358 g/mol. The molecule has 0 radical (unpaired) electrons. The van der Waals surface area contributed by atoms with E-state index >= 15 is 0 Å². The molecule has 1 amide bonds. The molecule has 1 N–H and O–H groups in total. The predicted molar refractivity (Wildman–Crippen MR) is 100 cm³/mol. The van der Waals surface area contributed by atoms with Crippen LogP contribution < -0.4 is 5.32 Å². The summed E-state index contributed by atoms with van der Waals surface area (Å²) < 4.78 is 11.4. The quantitative estimate of drug-likeness (QED) is 0.465. The average molecular weight is 384 g/mol. The maximum absolute atomic E-state index is 12.3. The summed E-state index contributed by atoms with van der Waals surface area (Å²) in [6.45, 7) is 10.9. The molecule has 0 bridgehead atoms. The third-order valence-corrected chi connectivity index (χ3v) is 5.49. The van der Waals surface area contributed by atoms with Crippen molar-refractivity contribution in [3.05, 3.63) is 34.9 Å². The van der Waals surface area contributed by atoms with E-state index in [9.17, 15) is 9.59 Å². The lowest BCUT2D eigenvalue weighted by molar-refractivity contribution is -0.157. The number of β-lactam (4-membered cyclic amide) rings is 1. The van der Waals surface area contributed by atoms with E-state index in [1.807, 2.05) is 0 Å². The minimum absolute atomic E-state index is 0.0285. The van der Waals surface area contributed by atoms with Gasteiger partial charge in [-0.05, 0) is 42.8 Å². The summed E-state index contributed by atoms with van der Waals surface area (Å²) in [4.78, 5) is 24.5. The van der Waals surface area contributed by atoms with E-state index < -0.39 is 27.2 Å². The van der Waals surface area contributed by atoms with Crippen LogP contribution in [0.5, 0.6) is 0 Å². The van der Waals surface area contributed by atoms with E-state index in [1.54, 1.807) is 24.3 Å². The topological polar surface area (TPSA) is 64.6 Å². The highest BCUT2D eigenvalue weighted by Gasteiger charge is 2.50. The molecule has 1 heterocycles. The van der Waals surface area contributed by atoms with Crippen LogP contribution in [0.15, 0.2) is 24.3 Å². The molecule has 1 saturated heterocycles. The Morgan fingerprint density at radius 1 is 1.28 bits per heavy atom. The van der Waals surface area contributed by atoms with Crippen LogP contribution >= 0.6 is 11.6 Å². The second kappa shape index (κ2) is 7.89. The number of amides is 1. The summed E-state index contributed by atoms with van der Waals surface area (Å²) in [6.07, 6.45) is -0.627. The third kappa shape index (κ3) is 5.06. The Labute approximate surface area is 155 Å². The first-order valence-corrected chi connectivity index (χ1v) is 11.6. The van der Waals surface area contributed by atoms with Gasteiger partial charge in [0.05, 0.1) is 11.5 Å². The fourth-order valence-corrected chi connectivity index (χ4v) is 3.54. The van der Waals surface area contributed by atoms with E-state index in [-0.39, 0.29) is 17.2 Å². The van der Waals surface area contributed by atoms with Crippen molar-refractivity contribution in [3.8, 4) is 0 Å². The fraction of sp³-hybridized carbons (Fsp3) is 0.556. The van der Waals surface area contributed by atoms with Gasteiger partial charge in [-0.2, -0.15) is 0 Å². The van der Waals surface area contributed by atoms with Crippen LogP contribution in [0.4, 0.5) is 0 Å². The molecule has 138 valence electrons. The lowest BCUT2D eigenvalue weighted by Crippen LogP contribution is -2.64. The monoisotopic (exact) mass is 383 g/mol.